The van der Waals surface area contributed by atoms with Crippen LogP contribution >= 0.6 is 11.6 Å². The smallest absolute Gasteiger partial charge is 0.221 e. The molecule has 0 radical (unpaired) electrons. The summed E-state index contributed by atoms with van der Waals surface area (Å²) in [5, 5.41) is 3.46. The van der Waals surface area contributed by atoms with Gasteiger partial charge in [-0.15, -0.1) is 0 Å². The van der Waals surface area contributed by atoms with E-state index in [0.29, 0.717) is 30.5 Å². The normalized spacial score (nSPS) is 10.8. The number of carbonyl (C=O) groups excluding carboxylic acids is 1. The summed E-state index contributed by atoms with van der Waals surface area (Å²) in [6, 6.07) is 5.40. The van der Waals surface area contributed by atoms with Crippen molar-refractivity contribution in [2.75, 3.05) is 12.3 Å². The van der Waals surface area contributed by atoms with Gasteiger partial charge in [0.15, 0.2) is 0 Å². The van der Waals surface area contributed by atoms with E-state index in [1.807, 2.05) is 23.6 Å². The number of nitrogens with two attached hydrogens (primary N) is 1. The predicted octanol–water partition coefficient (Wildman–Crippen LogP) is 2.19. The minimum atomic E-state index is 0.0186. The fourth-order valence-corrected chi connectivity index (χ4v) is 2.08. The van der Waals surface area contributed by atoms with E-state index in [2.05, 4.69) is 10.3 Å². The number of aromatic nitrogens is 2. The maximum atomic E-state index is 11.6. The summed E-state index contributed by atoms with van der Waals surface area (Å²) in [6.07, 6.45) is 1.31. The van der Waals surface area contributed by atoms with Gasteiger partial charge in [-0.05, 0) is 24.6 Å². The third-order valence-corrected chi connectivity index (χ3v) is 3.11. The van der Waals surface area contributed by atoms with Crippen molar-refractivity contribution in [2.24, 2.45) is 0 Å². The van der Waals surface area contributed by atoms with Crippen LogP contribution in [-0.2, 0) is 11.3 Å². The van der Waals surface area contributed by atoms with Crippen molar-refractivity contribution in [3.63, 3.8) is 0 Å². The summed E-state index contributed by atoms with van der Waals surface area (Å²) in [7, 11) is 0. The molecular weight excluding hydrogens is 264 g/mol. The Hall–Kier alpha value is -1.75. The van der Waals surface area contributed by atoms with Gasteiger partial charge in [0, 0.05) is 24.5 Å². The number of hydrogen-bond acceptors (Lipinski definition) is 3. The van der Waals surface area contributed by atoms with Crippen molar-refractivity contribution in [3.05, 3.63) is 23.2 Å². The minimum absolute atomic E-state index is 0.0186. The Morgan fingerprint density at radius 2 is 2.32 bits per heavy atom. The van der Waals surface area contributed by atoms with Gasteiger partial charge in [0.25, 0.3) is 0 Å². The van der Waals surface area contributed by atoms with Crippen molar-refractivity contribution in [1.29, 1.82) is 0 Å². The number of nitrogens with zero attached hydrogens (tertiary/aromatic N) is 2. The van der Waals surface area contributed by atoms with Gasteiger partial charge in [-0.1, -0.05) is 18.5 Å². The van der Waals surface area contributed by atoms with E-state index in [1.54, 1.807) is 6.07 Å². The fraction of sp³-hybridized carbons (Fsp3) is 0.385. The number of halogens is 1. The van der Waals surface area contributed by atoms with Gasteiger partial charge in [-0.25, -0.2) is 4.98 Å². The lowest BCUT2D eigenvalue weighted by molar-refractivity contribution is -0.121. The molecule has 0 saturated carbocycles. The first-order valence-corrected chi connectivity index (χ1v) is 6.67. The highest BCUT2D eigenvalue weighted by molar-refractivity contribution is 6.31. The summed E-state index contributed by atoms with van der Waals surface area (Å²) >= 11 is 5.97. The highest BCUT2D eigenvalue weighted by Crippen LogP contribution is 2.22. The largest absolute Gasteiger partial charge is 0.369 e. The van der Waals surface area contributed by atoms with Crippen LogP contribution in [0.3, 0.4) is 0 Å². The number of nitrogens with one attached hydrogen (secondary N) is 1. The lowest BCUT2D eigenvalue weighted by Crippen LogP contribution is -2.25. The second-order valence-corrected chi connectivity index (χ2v) is 4.79. The van der Waals surface area contributed by atoms with Crippen LogP contribution in [0.2, 0.25) is 5.02 Å². The number of anilines is 1. The number of benzene rings is 1. The number of hydrogen-bond donors (Lipinski definition) is 2. The topological polar surface area (TPSA) is 72.9 Å². The highest BCUT2D eigenvalue weighted by atomic mass is 35.5. The molecule has 5 nitrogen and oxygen atoms in total. The van der Waals surface area contributed by atoms with Gasteiger partial charge in [0.2, 0.25) is 11.9 Å². The van der Waals surface area contributed by atoms with Gasteiger partial charge in [0.1, 0.15) is 0 Å². The SMILES string of the molecule is CCCNC(=O)CCn1c(N)nc2ccc(Cl)cc21. The Morgan fingerprint density at radius 1 is 1.53 bits per heavy atom. The van der Waals surface area contributed by atoms with Crippen molar-refractivity contribution in [2.45, 2.75) is 26.3 Å². The summed E-state index contributed by atoms with van der Waals surface area (Å²) in [6.45, 7) is 3.21. The molecule has 1 aromatic carbocycles. The van der Waals surface area contributed by atoms with E-state index in [4.69, 9.17) is 17.3 Å². The average molecular weight is 281 g/mol. The van der Waals surface area contributed by atoms with Gasteiger partial charge >= 0.3 is 0 Å². The molecule has 0 aliphatic heterocycles. The Morgan fingerprint density at radius 3 is 3.05 bits per heavy atom. The standard InChI is InChI=1S/C13H17ClN4O/c1-2-6-16-12(19)5-7-18-11-8-9(14)3-4-10(11)17-13(18)15/h3-4,8H,2,5-7H2,1H3,(H2,15,17)(H,16,19). The fourth-order valence-electron chi connectivity index (χ4n) is 1.92. The lowest BCUT2D eigenvalue weighted by Gasteiger charge is -2.07. The Balaban J connectivity index is 2.13. The maximum absolute atomic E-state index is 11.6. The first-order valence-electron chi connectivity index (χ1n) is 6.29. The first-order chi connectivity index (χ1) is 9.11. The number of aryl methyl sites for hydroxylation is 1. The highest BCUT2D eigenvalue weighted by Gasteiger charge is 2.10. The van der Waals surface area contributed by atoms with E-state index in [0.717, 1.165) is 17.5 Å². The third kappa shape index (κ3) is 3.17. The van der Waals surface area contributed by atoms with E-state index < -0.39 is 0 Å². The van der Waals surface area contributed by atoms with E-state index >= 15 is 0 Å². The zero-order chi connectivity index (χ0) is 13.8. The average Bonchev–Trinajstić information content (AvgIpc) is 2.69. The Labute approximate surface area is 116 Å². The van der Waals surface area contributed by atoms with Crippen LogP contribution in [0, 0.1) is 0 Å². The summed E-state index contributed by atoms with van der Waals surface area (Å²) in [5.74, 6) is 0.422. The molecule has 1 aromatic heterocycles. The molecule has 6 heteroatoms. The number of nitrogen functional groups attached to an aromatic ring is 1. The van der Waals surface area contributed by atoms with Crippen LogP contribution in [0.5, 0.6) is 0 Å². The van der Waals surface area contributed by atoms with Gasteiger partial charge in [-0.3, -0.25) is 4.79 Å². The molecule has 1 amide bonds. The van der Waals surface area contributed by atoms with Crippen molar-refractivity contribution in [1.82, 2.24) is 14.9 Å². The molecule has 2 rings (SSSR count). The molecule has 1 heterocycles. The first kappa shape index (κ1) is 13.7. The molecule has 3 N–H and O–H groups in total. The quantitative estimate of drug-likeness (QED) is 0.882. The number of amides is 1. The van der Waals surface area contributed by atoms with Crippen molar-refractivity contribution < 1.29 is 4.79 Å². The Kier molecular flexibility index (Phi) is 4.27. The number of rotatable bonds is 5. The summed E-state index contributed by atoms with van der Waals surface area (Å²) in [4.78, 5) is 15.8. The van der Waals surface area contributed by atoms with Crippen LogP contribution in [0.15, 0.2) is 18.2 Å². The molecule has 0 saturated heterocycles. The third-order valence-electron chi connectivity index (χ3n) is 2.87. The van der Waals surface area contributed by atoms with Gasteiger partial charge in [-0.2, -0.15) is 0 Å². The molecule has 0 unspecified atom stereocenters. The van der Waals surface area contributed by atoms with Gasteiger partial charge < -0.3 is 15.6 Å². The minimum Gasteiger partial charge on any atom is -0.369 e. The molecule has 2 aromatic rings. The number of imidazole rings is 1. The monoisotopic (exact) mass is 280 g/mol. The van der Waals surface area contributed by atoms with Crippen molar-refractivity contribution >= 4 is 34.5 Å². The van der Waals surface area contributed by atoms with Crippen LogP contribution in [0.4, 0.5) is 5.95 Å². The van der Waals surface area contributed by atoms with E-state index in [1.165, 1.54) is 0 Å². The molecule has 0 fully saturated rings. The Bertz CT molecular complexity index is 594. The van der Waals surface area contributed by atoms with Crippen LogP contribution in [-0.4, -0.2) is 22.0 Å². The van der Waals surface area contributed by atoms with Crippen LogP contribution < -0.4 is 11.1 Å². The van der Waals surface area contributed by atoms with E-state index in [9.17, 15) is 4.79 Å². The molecule has 0 aliphatic carbocycles. The number of carbonyl (C=O) groups is 1. The molecule has 0 atom stereocenters. The van der Waals surface area contributed by atoms with Crippen LogP contribution in [0.1, 0.15) is 19.8 Å². The summed E-state index contributed by atoms with van der Waals surface area (Å²) in [5.41, 5.74) is 7.51. The lowest BCUT2D eigenvalue weighted by atomic mass is 10.3. The maximum Gasteiger partial charge on any atom is 0.221 e. The summed E-state index contributed by atoms with van der Waals surface area (Å²) < 4.78 is 1.81. The molecule has 0 spiro atoms. The second kappa shape index (κ2) is 5.93. The van der Waals surface area contributed by atoms with E-state index in [-0.39, 0.29) is 5.91 Å². The molecular formula is C13H17ClN4O. The second-order valence-electron chi connectivity index (χ2n) is 4.35. The number of fused-ring (bicyclic) bond motifs is 1. The zero-order valence-corrected chi connectivity index (χ0v) is 11.6. The molecule has 19 heavy (non-hydrogen) atoms. The molecule has 102 valence electrons. The molecule has 0 aliphatic rings. The zero-order valence-electron chi connectivity index (χ0n) is 10.8. The van der Waals surface area contributed by atoms with Gasteiger partial charge in [0.05, 0.1) is 11.0 Å². The van der Waals surface area contributed by atoms with Crippen molar-refractivity contribution in [3.8, 4) is 0 Å². The predicted molar refractivity (Wildman–Crippen MR) is 77.1 cm³/mol. The molecule has 0 bridgehead atoms. The van der Waals surface area contributed by atoms with Crippen LogP contribution in [0.25, 0.3) is 11.0 Å².